The number of aliphatic hydroxyl groups excluding tert-OH is 1. The van der Waals surface area contributed by atoms with E-state index in [1.807, 2.05) is 6.07 Å². The molecule has 7 heteroatoms. The summed E-state index contributed by atoms with van der Waals surface area (Å²) >= 11 is 1.57. The fourth-order valence-corrected chi connectivity index (χ4v) is 3.98. The molecule has 0 aromatic carbocycles. The predicted octanol–water partition coefficient (Wildman–Crippen LogP) is 3.13. The van der Waals surface area contributed by atoms with Crippen molar-refractivity contribution in [3.8, 4) is 0 Å². The van der Waals surface area contributed by atoms with Crippen molar-refractivity contribution in [3.63, 3.8) is 0 Å². The van der Waals surface area contributed by atoms with Crippen LogP contribution < -0.4 is 5.56 Å². The number of aromatic nitrogens is 2. The second-order valence-corrected chi connectivity index (χ2v) is 8.67. The maximum absolute atomic E-state index is 12.4. The number of thiophene rings is 1. The number of aliphatic hydroxyl groups is 1. The molecule has 0 bridgehead atoms. The van der Waals surface area contributed by atoms with E-state index in [-0.39, 0.29) is 12.2 Å². The zero-order valence-electron chi connectivity index (χ0n) is 16.7. The quantitative estimate of drug-likeness (QED) is 0.453. The van der Waals surface area contributed by atoms with Gasteiger partial charge < -0.3 is 14.8 Å². The summed E-state index contributed by atoms with van der Waals surface area (Å²) in [6.45, 7) is 14.5. The van der Waals surface area contributed by atoms with Gasteiger partial charge in [-0.05, 0) is 17.9 Å². The number of ether oxygens (including phenoxy) is 1. The van der Waals surface area contributed by atoms with Gasteiger partial charge in [-0.1, -0.05) is 33.8 Å². The van der Waals surface area contributed by atoms with Gasteiger partial charge in [-0.2, -0.15) is 0 Å². The maximum atomic E-state index is 12.4. The summed E-state index contributed by atoms with van der Waals surface area (Å²) < 4.78 is 5.34. The number of aromatic amines is 1. The van der Waals surface area contributed by atoms with Gasteiger partial charge in [-0.25, -0.2) is 4.98 Å². The van der Waals surface area contributed by atoms with Crippen LogP contribution in [0, 0.1) is 5.92 Å². The Balaban J connectivity index is 2.15. The van der Waals surface area contributed by atoms with Crippen LogP contribution in [0.25, 0.3) is 10.2 Å². The van der Waals surface area contributed by atoms with Gasteiger partial charge in [0, 0.05) is 18.0 Å². The summed E-state index contributed by atoms with van der Waals surface area (Å²) in [7, 11) is 0. The lowest BCUT2D eigenvalue weighted by Gasteiger charge is -2.26. The number of hydrogen-bond acceptors (Lipinski definition) is 6. The van der Waals surface area contributed by atoms with Crippen LogP contribution in [0.15, 0.2) is 23.5 Å². The number of fused-ring (bicyclic) bond motifs is 1. The van der Waals surface area contributed by atoms with Crippen molar-refractivity contribution in [2.45, 2.75) is 46.3 Å². The van der Waals surface area contributed by atoms with Crippen molar-refractivity contribution in [1.29, 1.82) is 0 Å². The van der Waals surface area contributed by atoms with E-state index in [2.05, 4.69) is 49.1 Å². The second-order valence-electron chi connectivity index (χ2n) is 7.60. The van der Waals surface area contributed by atoms with Crippen LogP contribution in [0.5, 0.6) is 0 Å². The van der Waals surface area contributed by atoms with Crippen molar-refractivity contribution in [2.24, 2.45) is 5.92 Å². The number of rotatable bonds is 11. The third-order valence-corrected chi connectivity index (χ3v) is 5.38. The van der Waals surface area contributed by atoms with Gasteiger partial charge in [0.25, 0.3) is 5.56 Å². The molecule has 2 rings (SSSR count). The van der Waals surface area contributed by atoms with Gasteiger partial charge in [0.15, 0.2) is 0 Å². The molecule has 2 aromatic rings. The molecule has 0 aliphatic rings. The largest absolute Gasteiger partial charge is 0.389 e. The van der Waals surface area contributed by atoms with Gasteiger partial charge in [0.05, 0.1) is 31.2 Å². The fourth-order valence-electron chi connectivity index (χ4n) is 2.92. The van der Waals surface area contributed by atoms with E-state index in [1.54, 1.807) is 17.4 Å². The summed E-state index contributed by atoms with van der Waals surface area (Å²) in [6, 6.07) is 1.94. The Kier molecular flexibility index (Phi) is 8.16. The molecule has 6 nitrogen and oxygen atoms in total. The van der Waals surface area contributed by atoms with Crippen LogP contribution >= 0.6 is 11.3 Å². The van der Waals surface area contributed by atoms with Gasteiger partial charge in [-0.15, -0.1) is 17.9 Å². The molecule has 27 heavy (non-hydrogen) atoms. The zero-order chi connectivity index (χ0) is 20.0. The van der Waals surface area contributed by atoms with Crippen LogP contribution in [-0.2, 0) is 11.3 Å². The normalized spacial score (nSPS) is 13.2. The van der Waals surface area contributed by atoms with Gasteiger partial charge in [-0.3, -0.25) is 9.69 Å². The smallest absolute Gasteiger partial charge is 0.259 e. The summed E-state index contributed by atoms with van der Waals surface area (Å²) in [5, 5.41) is 10.9. The zero-order valence-corrected chi connectivity index (χ0v) is 17.5. The molecule has 150 valence electrons. The number of nitrogens with zero attached hydrogens (tertiary/aromatic N) is 2. The van der Waals surface area contributed by atoms with Crippen molar-refractivity contribution in [3.05, 3.63) is 39.8 Å². The summed E-state index contributed by atoms with van der Waals surface area (Å²) in [5.41, 5.74) is -0.0995. The SMILES string of the molecule is C=CCOC[C@H](O)CN(Cc1nc2sc(C(C)C)cc2c(=O)[nH]1)CC(C)C. The highest BCUT2D eigenvalue weighted by molar-refractivity contribution is 7.18. The summed E-state index contributed by atoms with van der Waals surface area (Å²) in [4.78, 5) is 24.1. The fraction of sp³-hybridized carbons (Fsp3) is 0.600. The second kappa shape index (κ2) is 10.1. The first-order chi connectivity index (χ1) is 12.8. The molecular formula is C20H31N3O3S. The molecule has 2 N–H and O–H groups in total. The molecule has 0 saturated heterocycles. The molecule has 0 aliphatic heterocycles. The van der Waals surface area contributed by atoms with Crippen molar-refractivity contribution in [2.75, 3.05) is 26.3 Å². The Morgan fingerprint density at radius 3 is 2.74 bits per heavy atom. The van der Waals surface area contributed by atoms with E-state index < -0.39 is 6.10 Å². The molecular weight excluding hydrogens is 362 g/mol. The van der Waals surface area contributed by atoms with Crippen molar-refractivity contribution in [1.82, 2.24) is 14.9 Å². The Labute approximate surface area is 164 Å². The van der Waals surface area contributed by atoms with E-state index in [9.17, 15) is 9.90 Å². The number of H-pyrrole nitrogens is 1. The molecule has 0 aliphatic carbocycles. The van der Waals surface area contributed by atoms with Crippen LogP contribution in [0.4, 0.5) is 0 Å². The summed E-state index contributed by atoms with van der Waals surface area (Å²) in [6.07, 6.45) is 1.06. The van der Waals surface area contributed by atoms with Crippen LogP contribution in [-0.4, -0.2) is 52.4 Å². The van der Waals surface area contributed by atoms with Gasteiger partial charge in [0.1, 0.15) is 10.7 Å². The van der Waals surface area contributed by atoms with Crippen LogP contribution in [0.1, 0.15) is 44.3 Å². The molecule has 2 heterocycles. The van der Waals surface area contributed by atoms with E-state index in [0.29, 0.717) is 42.7 Å². The maximum Gasteiger partial charge on any atom is 0.259 e. The highest BCUT2D eigenvalue weighted by Crippen LogP contribution is 2.27. The number of nitrogens with one attached hydrogen (secondary N) is 1. The lowest BCUT2D eigenvalue weighted by atomic mass is 10.2. The molecule has 0 unspecified atom stereocenters. The van der Waals surface area contributed by atoms with Crippen LogP contribution in [0.2, 0.25) is 0 Å². The monoisotopic (exact) mass is 393 g/mol. The topological polar surface area (TPSA) is 78.5 Å². The van der Waals surface area contributed by atoms with Crippen molar-refractivity contribution >= 4 is 21.6 Å². The standard InChI is InChI=1S/C20H31N3O3S/c1-6-7-26-12-15(24)10-23(9-13(2)3)11-18-21-19(25)16-8-17(14(4)5)27-20(16)22-18/h6,8,13-15,24H,1,7,9-12H2,2-5H3,(H,21,22,25)/t15-/m1/s1. The highest BCUT2D eigenvalue weighted by atomic mass is 32.1. The minimum atomic E-state index is -0.603. The van der Waals surface area contributed by atoms with Gasteiger partial charge >= 0.3 is 0 Å². The van der Waals surface area contributed by atoms with E-state index in [0.717, 1.165) is 16.3 Å². The average molecular weight is 394 g/mol. The van der Waals surface area contributed by atoms with E-state index in [4.69, 9.17) is 4.74 Å². The van der Waals surface area contributed by atoms with Crippen LogP contribution in [0.3, 0.4) is 0 Å². The third kappa shape index (κ3) is 6.53. The molecule has 0 radical (unpaired) electrons. The third-order valence-electron chi connectivity index (χ3n) is 4.05. The molecule has 0 amide bonds. The molecule has 1 atom stereocenters. The lowest BCUT2D eigenvalue weighted by molar-refractivity contribution is 0.0218. The van der Waals surface area contributed by atoms with Crippen molar-refractivity contribution < 1.29 is 9.84 Å². The Hall–Kier alpha value is -1.54. The number of hydrogen-bond donors (Lipinski definition) is 2. The predicted molar refractivity (Wildman–Crippen MR) is 111 cm³/mol. The average Bonchev–Trinajstić information content (AvgIpc) is 2.99. The first-order valence-corrected chi connectivity index (χ1v) is 10.2. The van der Waals surface area contributed by atoms with E-state index >= 15 is 0 Å². The van der Waals surface area contributed by atoms with Gasteiger partial charge in [0.2, 0.25) is 0 Å². The highest BCUT2D eigenvalue weighted by Gasteiger charge is 2.17. The molecule has 0 spiro atoms. The first-order valence-electron chi connectivity index (χ1n) is 9.41. The molecule has 0 saturated carbocycles. The Morgan fingerprint density at radius 1 is 1.37 bits per heavy atom. The minimum Gasteiger partial charge on any atom is -0.389 e. The van der Waals surface area contributed by atoms with E-state index in [1.165, 1.54) is 0 Å². The minimum absolute atomic E-state index is 0.0995. The summed E-state index contributed by atoms with van der Waals surface area (Å²) in [5.74, 6) is 1.43. The molecule has 2 aromatic heterocycles. The lowest BCUT2D eigenvalue weighted by Crippen LogP contribution is -2.37. The molecule has 0 fully saturated rings. The Morgan fingerprint density at radius 2 is 2.11 bits per heavy atom. The first kappa shape index (κ1) is 21.8. The Bertz CT molecular complexity index is 797.